The minimum Gasteiger partial charge on any atom is -0.493 e. The van der Waals surface area contributed by atoms with Crippen LogP contribution < -0.4 is 20.1 Å². The van der Waals surface area contributed by atoms with Gasteiger partial charge in [0.15, 0.2) is 11.5 Å². The predicted molar refractivity (Wildman–Crippen MR) is 110 cm³/mol. The Labute approximate surface area is 176 Å². The summed E-state index contributed by atoms with van der Waals surface area (Å²) in [6, 6.07) is 4.21. The normalized spacial score (nSPS) is 21.6. The Hall–Kier alpha value is -2.81. The predicted octanol–water partition coefficient (Wildman–Crippen LogP) is 1.11. The number of nitrogens with zero attached hydrogens (tertiary/aromatic N) is 2. The second-order valence-corrected chi connectivity index (χ2v) is 7.55. The fourth-order valence-corrected chi connectivity index (χ4v) is 4.06. The molecule has 0 aliphatic carbocycles. The Morgan fingerprint density at radius 1 is 1.23 bits per heavy atom. The molecule has 2 aliphatic heterocycles. The van der Waals surface area contributed by atoms with E-state index < -0.39 is 18.0 Å². The Kier molecular flexibility index (Phi) is 7.15. The van der Waals surface area contributed by atoms with E-state index in [1.165, 1.54) is 14.2 Å². The number of imide groups is 1. The van der Waals surface area contributed by atoms with Crippen molar-refractivity contribution in [2.45, 2.75) is 44.8 Å². The van der Waals surface area contributed by atoms with Gasteiger partial charge in [0.2, 0.25) is 5.91 Å². The van der Waals surface area contributed by atoms with Gasteiger partial charge in [-0.25, -0.2) is 4.79 Å². The molecule has 2 saturated heterocycles. The van der Waals surface area contributed by atoms with Crippen LogP contribution in [0.4, 0.5) is 4.79 Å². The van der Waals surface area contributed by atoms with Crippen LogP contribution in [0, 0.1) is 0 Å². The fraction of sp³-hybridized carbons (Fsp3) is 0.571. The van der Waals surface area contributed by atoms with Crippen LogP contribution in [0.2, 0.25) is 0 Å². The van der Waals surface area contributed by atoms with E-state index in [9.17, 15) is 14.4 Å². The molecule has 1 aromatic rings. The van der Waals surface area contributed by atoms with Gasteiger partial charge in [0.1, 0.15) is 6.04 Å². The number of carbonyl (C=O) groups excluding carboxylic acids is 3. The molecule has 2 N–H and O–H groups in total. The molecule has 2 aliphatic rings. The van der Waals surface area contributed by atoms with Crippen LogP contribution >= 0.6 is 0 Å². The van der Waals surface area contributed by atoms with Gasteiger partial charge in [0, 0.05) is 12.6 Å². The molecular weight excluding hydrogens is 388 g/mol. The van der Waals surface area contributed by atoms with Crippen molar-refractivity contribution in [2.24, 2.45) is 0 Å². The maximum atomic E-state index is 12.7. The number of likely N-dealkylation sites (tertiary alicyclic amines) is 1. The van der Waals surface area contributed by atoms with Crippen LogP contribution in [0.1, 0.15) is 31.7 Å². The largest absolute Gasteiger partial charge is 0.493 e. The number of methoxy groups -OCH3 is 2. The molecule has 9 heteroatoms. The van der Waals surface area contributed by atoms with E-state index in [-0.39, 0.29) is 18.9 Å². The average Bonchev–Trinajstić information content (AvgIpc) is 3.31. The van der Waals surface area contributed by atoms with Gasteiger partial charge in [-0.05, 0) is 43.6 Å². The van der Waals surface area contributed by atoms with Crippen molar-refractivity contribution in [1.29, 1.82) is 0 Å². The molecular formula is C21H30N4O5. The molecule has 164 valence electrons. The number of likely N-dealkylation sites (N-methyl/N-ethyl adjacent to an activating group) is 1. The number of carbonyl (C=O) groups is 3. The minimum atomic E-state index is -0.844. The smallest absolute Gasteiger partial charge is 0.325 e. The summed E-state index contributed by atoms with van der Waals surface area (Å²) in [5.74, 6) is 0.452. The first kappa shape index (κ1) is 21.9. The second-order valence-electron chi connectivity index (χ2n) is 7.55. The highest BCUT2D eigenvalue weighted by molar-refractivity contribution is 6.05. The van der Waals surface area contributed by atoms with E-state index in [1.54, 1.807) is 18.2 Å². The third-order valence-corrected chi connectivity index (χ3v) is 5.73. The average molecular weight is 418 g/mol. The van der Waals surface area contributed by atoms with E-state index in [4.69, 9.17) is 9.47 Å². The topological polar surface area (TPSA) is 100 Å². The first-order valence-electron chi connectivity index (χ1n) is 10.3. The van der Waals surface area contributed by atoms with Gasteiger partial charge in [-0.3, -0.25) is 19.4 Å². The highest BCUT2D eigenvalue weighted by Gasteiger charge is 2.39. The third-order valence-electron chi connectivity index (χ3n) is 5.73. The van der Waals surface area contributed by atoms with Crippen LogP contribution in [0.15, 0.2) is 18.2 Å². The second kappa shape index (κ2) is 9.80. The molecule has 0 saturated carbocycles. The summed E-state index contributed by atoms with van der Waals surface area (Å²) in [6.45, 7) is 4.79. The van der Waals surface area contributed by atoms with Crippen molar-refractivity contribution in [3.8, 4) is 11.5 Å². The monoisotopic (exact) mass is 418 g/mol. The molecule has 0 spiro atoms. The minimum absolute atomic E-state index is 0.0636. The zero-order valence-electron chi connectivity index (χ0n) is 17.8. The molecule has 0 bridgehead atoms. The molecule has 2 heterocycles. The van der Waals surface area contributed by atoms with Gasteiger partial charge in [0.25, 0.3) is 5.91 Å². The lowest BCUT2D eigenvalue weighted by Crippen LogP contribution is -2.42. The maximum Gasteiger partial charge on any atom is 0.325 e. The molecule has 2 atom stereocenters. The van der Waals surface area contributed by atoms with E-state index in [0.29, 0.717) is 24.1 Å². The number of amides is 4. The Balaban J connectivity index is 1.55. The quantitative estimate of drug-likeness (QED) is 0.583. The van der Waals surface area contributed by atoms with Crippen molar-refractivity contribution in [2.75, 3.05) is 33.9 Å². The molecule has 1 aromatic carbocycles. The number of ether oxygens (including phenoxy) is 2. The summed E-state index contributed by atoms with van der Waals surface area (Å²) < 4.78 is 10.5. The molecule has 3 rings (SSSR count). The van der Waals surface area contributed by atoms with Crippen LogP contribution in [0.5, 0.6) is 11.5 Å². The lowest BCUT2D eigenvalue weighted by Gasteiger charge is -2.23. The van der Waals surface area contributed by atoms with Crippen molar-refractivity contribution < 1.29 is 23.9 Å². The summed E-state index contributed by atoms with van der Waals surface area (Å²) in [7, 11) is 3.06. The fourth-order valence-electron chi connectivity index (χ4n) is 4.06. The summed E-state index contributed by atoms with van der Waals surface area (Å²) in [5, 5.41) is 5.52. The number of hydrogen-bond acceptors (Lipinski definition) is 6. The van der Waals surface area contributed by atoms with Crippen molar-refractivity contribution in [3.05, 3.63) is 23.8 Å². The van der Waals surface area contributed by atoms with Gasteiger partial charge < -0.3 is 20.1 Å². The molecule has 30 heavy (non-hydrogen) atoms. The van der Waals surface area contributed by atoms with E-state index >= 15 is 0 Å². The summed E-state index contributed by atoms with van der Waals surface area (Å²) in [6.07, 6.45) is 2.13. The lowest BCUT2D eigenvalue weighted by atomic mass is 10.1. The van der Waals surface area contributed by atoms with E-state index in [1.807, 2.05) is 0 Å². The first-order chi connectivity index (χ1) is 14.5. The number of benzene rings is 1. The van der Waals surface area contributed by atoms with Gasteiger partial charge in [0.05, 0.1) is 27.2 Å². The highest BCUT2D eigenvalue weighted by atomic mass is 16.5. The Bertz CT molecular complexity index is 800. The van der Waals surface area contributed by atoms with E-state index in [0.717, 1.165) is 36.4 Å². The van der Waals surface area contributed by atoms with Gasteiger partial charge in [-0.15, -0.1) is 0 Å². The van der Waals surface area contributed by atoms with E-state index in [2.05, 4.69) is 22.5 Å². The Morgan fingerprint density at radius 2 is 2.00 bits per heavy atom. The first-order valence-corrected chi connectivity index (χ1v) is 10.3. The molecule has 0 aromatic heterocycles. The molecule has 0 radical (unpaired) electrons. The summed E-state index contributed by atoms with van der Waals surface area (Å²) in [5.41, 5.74) is 0.724. The van der Waals surface area contributed by atoms with Gasteiger partial charge >= 0.3 is 6.03 Å². The number of rotatable bonds is 9. The van der Waals surface area contributed by atoms with Crippen LogP contribution in [0.25, 0.3) is 0 Å². The Morgan fingerprint density at radius 3 is 2.70 bits per heavy atom. The molecule has 2 unspecified atom stereocenters. The molecule has 4 amide bonds. The van der Waals surface area contributed by atoms with Crippen LogP contribution in [-0.2, 0) is 16.1 Å². The maximum absolute atomic E-state index is 12.7. The van der Waals surface area contributed by atoms with Gasteiger partial charge in [-0.1, -0.05) is 13.0 Å². The molecule has 9 nitrogen and oxygen atoms in total. The number of nitrogens with one attached hydrogen (secondary N) is 2. The standard InChI is InChI=1S/C21H30N4O5/c1-4-24-9-5-6-15(24)12-22-19(26)11-16-20(27)25(21(28)23-16)13-14-7-8-17(29-2)18(10-14)30-3/h7-8,10,15-16H,4-6,9,11-13H2,1-3H3,(H,22,26)(H,23,28). The summed E-state index contributed by atoms with van der Waals surface area (Å²) >= 11 is 0. The van der Waals surface area contributed by atoms with Crippen LogP contribution in [-0.4, -0.2) is 73.6 Å². The SMILES string of the molecule is CCN1CCCC1CNC(=O)CC1NC(=O)N(Cc2ccc(OC)c(OC)c2)C1=O. The summed E-state index contributed by atoms with van der Waals surface area (Å²) in [4.78, 5) is 40.8. The van der Waals surface area contributed by atoms with Gasteiger partial charge in [-0.2, -0.15) is 0 Å². The number of hydrogen-bond donors (Lipinski definition) is 2. The van der Waals surface area contributed by atoms with Crippen molar-refractivity contribution in [3.63, 3.8) is 0 Å². The number of urea groups is 1. The highest BCUT2D eigenvalue weighted by Crippen LogP contribution is 2.28. The lowest BCUT2D eigenvalue weighted by molar-refractivity contribution is -0.131. The van der Waals surface area contributed by atoms with Crippen LogP contribution in [0.3, 0.4) is 0 Å². The van der Waals surface area contributed by atoms with Crippen molar-refractivity contribution >= 4 is 17.8 Å². The van der Waals surface area contributed by atoms with Crippen molar-refractivity contribution in [1.82, 2.24) is 20.4 Å². The molecule has 2 fully saturated rings. The third kappa shape index (κ3) is 4.84. The zero-order chi connectivity index (χ0) is 21.7. The zero-order valence-corrected chi connectivity index (χ0v) is 17.8.